The Bertz CT molecular complexity index is 406. The van der Waals surface area contributed by atoms with Crippen LogP contribution in [-0.2, 0) is 0 Å². The molecule has 1 heterocycles. The Kier molecular flexibility index (Phi) is 4.31. The second-order valence-corrected chi connectivity index (χ2v) is 5.09. The molecular weight excluding hydrogens is 232 g/mol. The van der Waals surface area contributed by atoms with Crippen molar-refractivity contribution in [1.82, 2.24) is 0 Å². The van der Waals surface area contributed by atoms with Gasteiger partial charge in [-0.05, 0) is 32.4 Å². The molecule has 1 aromatic carbocycles. The van der Waals surface area contributed by atoms with Crippen LogP contribution in [0.25, 0.3) is 0 Å². The molecule has 0 fully saturated rings. The molecule has 0 aromatic heterocycles. The fourth-order valence-corrected chi connectivity index (χ4v) is 2.75. The summed E-state index contributed by atoms with van der Waals surface area (Å²) in [6.07, 6.45) is 1.16. The predicted molar refractivity (Wildman–Crippen MR) is 75.2 cm³/mol. The zero-order valence-corrected chi connectivity index (χ0v) is 11.1. The molecule has 2 rings (SSSR count). The van der Waals surface area contributed by atoms with Crippen molar-refractivity contribution in [3.63, 3.8) is 0 Å². The first-order valence-corrected chi connectivity index (χ1v) is 6.97. The van der Waals surface area contributed by atoms with Gasteiger partial charge in [0.2, 0.25) is 0 Å². The lowest BCUT2D eigenvalue weighted by atomic mass is 10.3. The van der Waals surface area contributed by atoms with Gasteiger partial charge in [-0.1, -0.05) is 17.8 Å². The molecule has 92 valence electrons. The first-order chi connectivity index (χ1) is 8.28. The molecule has 1 N–H and O–H groups in total. The number of thioether (sulfide) groups is 1. The van der Waals surface area contributed by atoms with E-state index in [-0.39, 0.29) is 0 Å². The van der Waals surface area contributed by atoms with Crippen LogP contribution < -0.4 is 10.1 Å². The van der Waals surface area contributed by atoms with Gasteiger partial charge in [-0.15, -0.1) is 0 Å². The van der Waals surface area contributed by atoms with E-state index >= 15 is 0 Å². The van der Waals surface area contributed by atoms with Crippen LogP contribution in [0, 0.1) is 0 Å². The standard InChI is InChI=1S/C13H18N2OS/c1-3-16-12-6-4-5-11(9-12)15-13-14-10(2)7-8-17-13/h4-6,9-10H,3,7-8H2,1-2H3,(H,14,15). The largest absolute Gasteiger partial charge is 0.494 e. The smallest absolute Gasteiger partial charge is 0.161 e. The fourth-order valence-electron chi connectivity index (χ4n) is 1.65. The van der Waals surface area contributed by atoms with Crippen LogP contribution in [-0.4, -0.2) is 23.6 Å². The van der Waals surface area contributed by atoms with Crippen molar-refractivity contribution < 1.29 is 4.74 Å². The summed E-state index contributed by atoms with van der Waals surface area (Å²) in [4.78, 5) is 4.58. The summed E-state index contributed by atoms with van der Waals surface area (Å²) in [5.74, 6) is 2.03. The van der Waals surface area contributed by atoms with Crippen molar-refractivity contribution in [2.75, 3.05) is 17.7 Å². The molecule has 4 heteroatoms. The summed E-state index contributed by atoms with van der Waals surface area (Å²) < 4.78 is 5.47. The summed E-state index contributed by atoms with van der Waals surface area (Å²) in [6.45, 7) is 4.83. The number of hydrogen-bond donors (Lipinski definition) is 1. The molecule has 17 heavy (non-hydrogen) atoms. The first-order valence-electron chi connectivity index (χ1n) is 5.98. The van der Waals surface area contributed by atoms with E-state index in [4.69, 9.17) is 4.74 Å². The number of amidine groups is 1. The Hall–Kier alpha value is -1.16. The van der Waals surface area contributed by atoms with Gasteiger partial charge in [-0.25, -0.2) is 0 Å². The summed E-state index contributed by atoms with van der Waals surface area (Å²) in [5.41, 5.74) is 1.04. The molecule has 0 bridgehead atoms. The van der Waals surface area contributed by atoms with Crippen LogP contribution in [0.15, 0.2) is 29.3 Å². The van der Waals surface area contributed by atoms with Crippen molar-refractivity contribution in [3.05, 3.63) is 24.3 Å². The molecule has 0 spiro atoms. The Morgan fingerprint density at radius 2 is 2.41 bits per heavy atom. The number of aliphatic imine (C=N–C) groups is 1. The van der Waals surface area contributed by atoms with E-state index in [0.29, 0.717) is 12.6 Å². The van der Waals surface area contributed by atoms with Gasteiger partial charge < -0.3 is 10.1 Å². The third kappa shape index (κ3) is 3.66. The second kappa shape index (κ2) is 5.96. The zero-order valence-electron chi connectivity index (χ0n) is 10.3. The minimum absolute atomic E-state index is 0.425. The Morgan fingerprint density at radius 3 is 3.18 bits per heavy atom. The lowest BCUT2D eigenvalue weighted by Crippen LogP contribution is -2.17. The maximum atomic E-state index is 5.47. The van der Waals surface area contributed by atoms with Crippen LogP contribution in [0.3, 0.4) is 0 Å². The van der Waals surface area contributed by atoms with E-state index in [0.717, 1.165) is 28.8 Å². The van der Waals surface area contributed by atoms with Crippen LogP contribution in [0.5, 0.6) is 5.75 Å². The van der Waals surface area contributed by atoms with E-state index < -0.39 is 0 Å². The Labute approximate surface area is 107 Å². The van der Waals surface area contributed by atoms with Crippen molar-refractivity contribution in [1.29, 1.82) is 0 Å². The lowest BCUT2D eigenvalue weighted by molar-refractivity contribution is 0.340. The van der Waals surface area contributed by atoms with E-state index in [1.54, 1.807) is 11.8 Å². The highest BCUT2D eigenvalue weighted by atomic mass is 32.2. The predicted octanol–water partition coefficient (Wildman–Crippen LogP) is 3.38. The zero-order chi connectivity index (χ0) is 12.1. The molecule has 0 saturated carbocycles. The lowest BCUT2D eigenvalue weighted by Gasteiger charge is -2.17. The molecule has 1 atom stereocenters. The highest BCUT2D eigenvalue weighted by molar-refractivity contribution is 8.14. The summed E-state index contributed by atoms with van der Waals surface area (Å²) in [6, 6.07) is 8.42. The van der Waals surface area contributed by atoms with Crippen molar-refractivity contribution in [2.45, 2.75) is 26.3 Å². The summed E-state index contributed by atoms with van der Waals surface area (Å²) in [5, 5.41) is 4.35. The molecule has 0 radical (unpaired) electrons. The average Bonchev–Trinajstić information content (AvgIpc) is 2.30. The Balaban J connectivity index is 2.05. The van der Waals surface area contributed by atoms with Crippen LogP contribution in [0.1, 0.15) is 20.3 Å². The van der Waals surface area contributed by atoms with Gasteiger partial charge in [-0.3, -0.25) is 4.99 Å². The number of anilines is 1. The third-order valence-corrected chi connectivity index (χ3v) is 3.43. The van der Waals surface area contributed by atoms with E-state index in [1.165, 1.54) is 0 Å². The average molecular weight is 250 g/mol. The second-order valence-electron chi connectivity index (χ2n) is 4.01. The first kappa shape index (κ1) is 12.3. The van der Waals surface area contributed by atoms with Crippen LogP contribution >= 0.6 is 11.8 Å². The van der Waals surface area contributed by atoms with E-state index in [9.17, 15) is 0 Å². The normalized spacial score (nSPS) is 19.6. The van der Waals surface area contributed by atoms with Gasteiger partial charge in [0.1, 0.15) is 5.75 Å². The number of nitrogens with zero attached hydrogens (tertiary/aromatic N) is 1. The molecule has 3 nitrogen and oxygen atoms in total. The highest BCUT2D eigenvalue weighted by Gasteiger charge is 2.11. The minimum Gasteiger partial charge on any atom is -0.494 e. The topological polar surface area (TPSA) is 33.6 Å². The van der Waals surface area contributed by atoms with Crippen LogP contribution in [0.4, 0.5) is 5.69 Å². The highest BCUT2D eigenvalue weighted by Crippen LogP contribution is 2.22. The molecule has 0 aliphatic carbocycles. The molecule has 1 aromatic rings. The summed E-state index contributed by atoms with van der Waals surface area (Å²) in [7, 11) is 0. The van der Waals surface area contributed by atoms with E-state index in [1.807, 2.05) is 31.2 Å². The van der Waals surface area contributed by atoms with Crippen molar-refractivity contribution in [3.8, 4) is 5.75 Å². The molecular formula is C13H18N2OS. The summed E-state index contributed by atoms with van der Waals surface area (Å²) >= 11 is 1.78. The third-order valence-electron chi connectivity index (χ3n) is 2.51. The molecule has 1 aliphatic rings. The van der Waals surface area contributed by atoms with Gasteiger partial charge >= 0.3 is 0 Å². The Morgan fingerprint density at radius 1 is 1.53 bits per heavy atom. The van der Waals surface area contributed by atoms with Crippen LogP contribution in [0.2, 0.25) is 0 Å². The number of rotatable bonds is 3. The molecule has 0 amide bonds. The van der Waals surface area contributed by atoms with Crippen molar-refractivity contribution >= 4 is 22.6 Å². The molecule has 1 unspecified atom stereocenters. The van der Waals surface area contributed by atoms with Gasteiger partial charge in [0.05, 0.1) is 12.6 Å². The maximum absolute atomic E-state index is 5.47. The quantitative estimate of drug-likeness (QED) is 0.893. The monoisotopic (exact) mass is 250 g/mol. The van der Waals surface area contributed by atoms with Gasteiger partial charge in [0, 0.05) is 17.5 Å². The van der Waals surface area contributed by atoms with E-state index in [2.05, 4.69) is 17.2 Å². The van der Waals surface area contributed by atoms with Gasteiger partial charge in [0.15, 0.2) is 5.17 Å². The molecule has 0 saturated heterocycles. The fraction of sp³-hybridized carbons (Fsp3) is 0.462. The number of ether oxygens (including phenoxy) is 1. The maximum Gasteiger partial charge on any atom is 0.161 e. The van der Waals surface area contributed by atoms with Gasteiger partial charge in [0.25, 0.3) is 0 Å². The molecule has 1 aliphatic heterocycles. The van der Waals surface area contributed by atoms with Gasteiger partial charge in [-0.2, -0.15) is 0 Å². The minimum atomic E-state index is 0.425. The number of nitrogens with one attached hydrogen (secondary N) is 1. The SMILES string of the molecule is CCOc1cccc(NC2=NC(C)CCS2)c1. The number of benzene rings is 1. The van der Waals surface area contributed by atoms with Crippen molar-refractivity contribution in [2.24, 2.45) is 4.99 Å². The number of hydrogen-bond acceptors (Lipinski definition) is 4.